The molecule has 2 aromatic rings. The number of benzene rings is 2. The van der Waals surface area contributed by atoms with Crippen molar-refractivity contribution < 1.29 is 19.1 Å². The van der Waals surface area contributed by atoms with Crippen LogP contribution in [-0.2, 0) is 22.7 Å². The van der Waals surface area contributed by atoms with Crippen molar-refractivity contribution in [3.05, 3.63) is 58.6 Å². The summed E-state index contributed by atoms with van der Waals surface area (Å²) in [6.07, 6.45) is 0.902. The molecule has 1 N–H and O–H groups in total. The molecule has 0 aliphatic carbocycles. The molecule has 2 aliphatic rings. The lowest BCUT2D eigenvalue weighted by molar-refractivity contribution is -0.135. The number of halogens is 1. The number of hydrogen-bond donors (Lipinski definition) is 1. The second-order valence-corrected chi connectivity index (χ2v) is 7.04. The number of nitrogens with one attached hydrogen (secondary N) is 1. The van der Waals surface area contributed by atoms with Crippen LogP contribution in [0, 0.1) is 0 Å². The first-order chi connectivity index (χ1) is 13.1. The van der Waals surface area contributed by atoms with Crippen molar-refractivity contribution in [2.24, 2.45) is 0 Å². The smallest absolute Gasteiger partial charge is 0.243 e. The number of ether oxygens (including phenoxy) is 2. The molecule has 1 unspecified atom stereocenters. The van der Waals surface area contributed by atoms with E-state index in [1.807, 2.05) is 30.3 Å². The molecule has 2 amide bonds. The molecular weight excluding hydrogens is 368 g/mol. The molecule has 6 nitrogen and oxygen atoms in total. The van der Waals surface area contributed by atoms with Crippen LogP contribution in [0.5, 0.6) is 11.5 Å². The van der Waals surface area contributed by atoms with Crippen molar-refractivity contribution in [1.82, 2.24) is 10.2 Å². The van der Waals surface area contributed by atoms with E-state index in [0.717, 1.165) is 11.1 Å². The van der Waals surface area contributed by atoms with Crippen molar-refractivity contribution in [2.45, 2.75) is 32.0 Å². The van der Waals surface area contributed by atoms with Gasteiger partial charge in [-0.1, -0.05) is 29.8 Å². The van der Waals surface area contributed by atoms with Gasteiger partial charge in [0.1, 0.15) is 6.04 Å². The van der Waals surface area contributed by atoms with E-state index in [4.69, 9.17) is 21.1 Å². The highest BCUT2D eigenvalue weighted by atomic mass is 35.5. The Morgan fingerprint density at radius 3 is 2.67 bits per heavy atom. The molecule has 1 saturated heterocycles. The molecule has 0 aromatic heterocycles. The van der Waals surface area contributed by atoms with Gasteiger partial charge in [-0.25, -0.2) is 0 Å². The average molecular weight is 387 g/mol. The van der Waals surface area contributed by atoms with Crippen LogP contribution in [0.1, 0.15) is 24.0 Å². The van der Waals surface area contributed by atoms with Crippen LogP contribution < -0.4 is 14.8 Å². The minimum Gasteiger partial charge on any atom is -0.454 e. The topological polar surface area (TPSA) is 67.9 Å². The summed E-state index contributed by atoms with van der Waals surface area (Å²) in [5.41, 5.74) is 1.87. The van der Waals surface area contributed by atoms with Crippen molar-refractivity contribution in [1.29, 1.82) is 0 Å². The lowest BCUT2D eigenvalue weighted by atomic mass is 10.1. The highest BCUT2D eigenvalue weighted by Gasteiger charge is 2.36. The van der Waals surface area contributed by atoms with Gasteiger partial charge in [0, 0.05) is 24.5 Å². The standard InChI is InChI=1S/C20H19ClN2O4/c21-15-4-1-13(2-5-15)10-22-20(25)16-6-8-19(24)23(16)11-14-3-7-17-18(9-14)27-12-26-17/h1-5,7,9,16H,6,8,10-12H2,(H,22,25). The zero-order chi connectivity index (χ0) is 18.8. The molecule has 27 heavy (non-hydrogen) atoms. The van der Waals surface area contributed by atoms with Gasteiger partial charge in [-0.3, -0.25) is 9.59 Å². The first-order valence-electron chi connectivity index (χ1n) is 8.80. The second-order valence-electron chi connectivity index (χ2n) is 6.61. The largest absolute Gasteiger partial charge is 0.454 e. The van der Waals surface area contributed by atoms with Gasteiger partial charge < -0.3 is 19.7 Å². The predicted octanol–water partition coefficient (Wildman–Crippen LogP) is 2.88. The summed E-state index contributed by atoms with van der Waals surface area (Å²) in [5.74, 6) is 1.21. The van der Waals surface area contributed by atoms with Crippen LogP contribution in [0.3, 0.4) is 0 Å². The van der Waals surface area contributed by atoms with Crippen molar-refractivity contribution >= 4 is 23.4 Å². The molecule has 140 valence electrons. The number of nitrogens with zero attached hydrogens (tertiary/aromatic N) is 1. The Kier molecular flexibility index (Phi) is 4.90. The molecule has 2 aromatic carbocycles. The highest BCUT2D eigenvalue weighted by Crippen LogP contribution is 2.33. The molecule has 0 radical (unpaired) electrons. The fraction of sp³-hybridized carbons (Fsp3) is 0.300. The summed E-state index contributed by atoms with van der Waals surface area (Å²) in [7, 11) is 0. The van der Waals surface area contributed by atoms with Gasteiger partial charge >= 0.3 is 0 Å². The van der Waals surface area contributed by atoms with Gasteiger partial charge in [0.15, 0.2) is 11.5 Å². The number of likely N-dealkylation sites (tertiary alicyclic amines) is 1. The van der Waals surface area contributed by atoms with E-state index in [1.54, 1.807) is 17.0 Å². The van der Waals surface area contributed by atoms with Gasteiger partial charge in [0.25, 0.3) is 0 Å². The molecule has 4 rings (SSSR count). The molecule has 0 saturated carbocycles. The summed E-state index contributed by atoms with van der Waals surface area (Å²) in [6, 6.07) is 12.4. The highest BCUT2D eigenvalue weighted by molar-refractivity contribution is 6.30. The minimum absolute atomic E-state index is 0.0145. The van der Waals surface area contributed by atoms with E-state index in [9.17, 15) is 9.59 Å². The quantitative estimate of drug-likeness (QED) is 0.858. The maximum atomic E-state index is 12.6. The Bertz CT molecular complexity index is 869. The van der Waals surface area contributed by atoms with Gasteiger partial charge in [-0.05, 0) is 41.8 Å². The lowest BCUT2D eigenvalue weighted by Gasteiger charge is -2.24. The van der Waals surface area contributed by atoms with Gasteiger partial charge in [-0.2, -0.15) is 0 Å². The number of rotatable bonds is 5. The van der Waals surface area contributed by atoms with E-state index >= 15 is 0 Å². The van der Waals surface area contributed by atoms with E-state index < -0.39 is 6.04 Å². The zero-order valence-corrected chi connectivity index (χ0v) is 15.4. The summed E-state index contributed by atoms with van der Waals surface area (Å²) < 4.78 is 10.7. The summed E-state index contributed by atoms with van der Waals surface area (Å²) in [6.45, 7) is 0.976. The van der Waals surface area contributed by atoms with Gasteiger partial charge in [-0.15, -0.1) is 0 Å². The van der Waals surface area contributed by atoms with E-state index in [-0.39, 0.29) is 18.6 Å². The van der Waals surface area contributed by atoms with Gasteiger partial charge in [0.05, 0.1) is 0 Å². The maximum Gasteiger partial charge on any atom is 0.243 e. The average Bonchev–Trinajstić information content (AvgIpc) is 3.28. The second kappa shape index (κ2) is 7.48. The van der Waals surface area contributed by atoms with Crippen molar-refractivity contribution in [3.63, 3.8) is 0 Å². The number of fused-ring (bicyclic) bond motifs is 1. The molecule has 7 heteroatoms. The zero-order valence-electron chi connectivity index (χ0n) is 14.6. The number of amides is 2. The van der Waals surface area contributed by atoms with Crippen LogP contribution >= 0.6 is 11.6 Å². The lowest BCUT2D eigenvalue weighted by Crippen LogP contribution is -2.44. The Balaban J connectivity index is 1.41. The molecule has 1 fully saturated rings. The SMILES string of the molecule is O=C(NCc1ccc(Cl)cc1)C1CCC(=O)N1Cc1ccc2c(c1)OCO2. The molecule has 2 heterocycles. The molecule has 1 atom stereocenters. The fourth-order valence-corrected chi connectivity index (χ4v) is 3.48. The number of hydrogen-bond acceptors (Lipinski definition) is 4. The van der Waals surface area contributed by atoms with Crippen LogP contribution in [-0.4, -0.2) is 29.5 Å². The Hall–Kier alpha value is -2.73. The van der Waals surface area contributed by atoms with E-state index in [1.165, 1.54) is 0 Å². The van der Waals surface area contributed by atoms with Crippen molar-refractivity contribution in [3.8, 4) is 11.5 Å². The van der Waals surface area contributed by atoms with Crippen LogP contribution in [0.2, 0.25) is 5.02 Å². The molecule has 0 bridgehead atoms. The third-order valence-corrected chi connectivity index (χ3v) is 5.05. The summed E-state index contributed by atoms with van der Waals surface area (Å²) in [4.78, 5) is 26.6. The Morgan fingerprint density at radius 2 is 1.85 bits per heavy atom. The third kappa shape index (κ3) is 3.85. The third-order valence-electron chi connectivity index (χ3n) is 4.80. The van der Waals surface area contributed by atoms with Crippen LogP contribution in [0.25, 0.3) is 0 Å². The van der Waals surface area contributed by atoms with Crippen molar-refractivity contribution in [2.75, 3.05) is 6.79 Å². The first-order valence-corrected chi connectivity index (χ1v) is 9.18. The number of carbonyl (C=O) groups excluding carboxylic acids is 2. The Labute approximate surface area is 162 Å². The molecule has 0 spiro atoms. The fourth-order valence-electron chi connectivity index (χ4n) is 3.35. The van der Waals surface area contributed by atoms with Gasteiger partial charge in [0.2, 0.25) is 18.6 Å². The minimum atomic E-state index is -0.463. The molecular formula is C20H19ClN2O4. The van der Waals surface area contributed by atoms with E-state index in [2.05, 4.69) is 5.32 Å². The summed E-state index contributed by atoms with van der Waals surface area (Å²) in [5, 5.41) is 3.57. The monoisotopic (exact) mass is 386 g/mol. The van der Waals surface area contributed by atoms with Crippen LogP contribution in [0.4, 0.5) is 0 Å². The normalized spacial score (nSPS) is 18.0. The van der Waals surface area contributed by atoms with E-state index in [0.29, 0.717) is 42.5 Å². The molecule has 2 aliphatic heterocycles. The maximum absolute atomic E-state index is 12.6. The van der Waals surface area contributed by atoms with Crippen LogP contribution in [0.15, 0.2) is 42.5 Å². The predicted molar refractivity (Wildman–Crippen MR) is 99.4 cm³/mol. The summed E-state index contributed by atoms with van der Waals surface area (Å²) >= 11 is 5.88. The number of carbonyl (C=O) groups is 2. The first kappa shape index (κ1) is 17.7. The Morgan fingerprint density at radius 1 is 1.11 bits per heavy atom.